The Hall–Kier alpha value is -0.570. The summed E-state index contributed by atoms with van der Waals surface area (Å²) in [5.74, 6) is -0.696. The molecule has 0 rings (SSSR count). The van der Waals surface area contributed by atoms with Crippen molar-refractivity contribution in [2.45, 2.75) is 59.0 Å². The lowest BCUT2D eigenvalue weighted by molar-refractivity contribution is -0.138. The molecule has 3 nitrogen and oxygen atoms in total. The summed E-state index contributed by atoms with van der Waals surface area (Å²) in [6.45, 7) is 9.38. The Balaban J connectivity index is 4.35. The zero-order chi connectivity index (χ0) is 11.1. The van der Waals surface area contributed by atoms with E-state index in [0.717, 1.165) is 19.4 Å². The van der Waals surface area contributed by atoms with E-state index in [9.17, 15) is 4.79 Å². The number of hydrogen-bond donors (Lipinski definition) is 1. The van der Waals surface area contributed by atoms with E-state index < -0.39 is 5.97 Å². The molecule has 0 saturated heterocycles. The fourth-order valence-electron chi connectivity index (χ4n) is 1.86. The van der Waals surface area contributed by atoms with E-state index in [0.29, 0.717) is 6.04 Å². The minimum absolute atomic E-state index is 0.187. The molecule has 0 aromatic rings. The molecule has 0 saturated carbocycles. The van der Waals surface area contributed by atoms with Crippen molar-refractivity contribution in [1.82, 2.24) is 4.90 Å². The molecule has 14 heavy (non-hydrogen) atoms. The van der Waals surface area contributed by atoms with Gasteiger partial charge in [-0.15, -0.1) is 0 Å². The van der Waals surface area contributed by atoms with Gasteiger partial charge in [0.05, 0.1) is 6.42 Å². The zero-order valence-corrected chi connectivity index (χ0v) is 9.79. The van der Waals surface area contributed by atoms with Crippen molar-refractivity contribution in [3.05, 3.63) is 0 Å². The molecule has 1 N–H and O–H groups in total. The van der Waals surface area contributed by atoms with Crippen molar-refractivity contribution >= 4 is 5.97 Å². The van der Waals surface area contributed by atoms with Gasteiger partial charge in [0.25, 0.3) is 0 Å². The summed E-state index contributed by atoms with van der Waals surface area (Å²) >= 11 is 0. The van der Waals surface area contributed by atoms with Gasteiger partial charge in [-0.25, -0.2) is 0 Å². The maximum absolute atomic E-state index is 10.7. The highest BCUT2D eigenvalue weighted by Crippen LogP contribution is 2.14. The Labute approximate surface area is 87.1 Å². The molecule has 0 aliphatic heterocycles. The van der Waals surface area contributed by atoms with Gasteiger partial charge < -0.3 is 5.11 Å². The molecule has 0 amide bonds. The third-order valence-corrected chi connectivity index (χ3v) is 2.87. The monoisotopic (exact) mass is 201 g/mol. The molecule has 84 valence electrons. The maximum Gasteiger partial charge on any atom is 0.304 e. The summed E-state index contributed by atoms with van der Waals surface area (Å²) in [4.78, 5) is 13.0. The van der Waals surface area contributed by atoms with Crippen LogP contribution in [0.1, 0.15) is 47.0 Å². The fourth-order valence-corrected chi connectivity index (χ4v) is 1.86. The van der Waals surface area contributed by atoms with E-state index in [1.165, 1.54) is 0 Å². The molecule has 3 heteroatoms. The van der Waals surface area contributed by atoms with E-state index in [-0.39, 0.29) is 12.5 Å². The molecule has 0 aromatic heterocycles. The molecule has 2 unspecified atom stereocenters. The predicted molar refractivity (Wildman–Crippen MR) is 58.5 cm³/mol. The molecule has 0 aromatic carbocycles. The lowest BCUT2D eigenvalue weighted by Gasteiger charge is -2.34. The normalized spacial score (nSPS) is 15.5. The van der Waals surface area contributed by atoms with E-state index in [1.807, 2.05) is 0 Å². The van der Waals surface area contributed by atoms with Crippen LogP contribution in [0.5, 0.6) is 0 Å². The standard InChI is InChI=1S/C11H23NO2/c1-5-9(4)12(7-3)10(6-2)8-11(13)14/h9-10H,5-8H2,1-4H3,(H,13,14). The first kappa shape index (κ1) is 13.4. The second kappa shape index (κ2) is 6.82. The smallest absolute Gasteiger partial charge is 0.304 e. The average molecular weight is 201 g/mol. The first-order valence-electron chi connectivity index (χ1n) is 5.54. The topological polar surface area (TPSA) is 40.5 Å². The van der Waals surface area contributed by atoms with Gasteiger partial charge in [-0.1, -0.05) is 20.8 Å². The first-order chi connectivity index (χ1) is 6.56. The number of rotatable bonds is 7. The van der Waals surface area contributed by atoms with Crippen LogP contribution in [0.4, 0.5) is 0 Å². The second-order valence-electron chi connectivity index (χ2n) is 3.75. The van der Waals surface area contributed by atoms with E-state index in [2.05, 4.69) is 32.6 Å². The molecule has 2 atom stereocenters. The van der Waals surface area contributed by atoms with Gasteiger partial charge in [0, 0.05) is 12.1 Å². The van der Waals surface area contributed by atoms with E-state index in [4.69, 9.17) is 5.11 Å². The minimum atomic E-state index is -0.696. The molecular formula is C11H23NO2. The Morgan fingerprint density at radius 1 is 1.29 bits per heavy atom. The van der Waals surface area contributed by atoms with Crippen molar-refractivity contribution in [3.8, 4) is 0 Å². The number of carboxylic acids is 1. The molecular weight excluding hydrogens is 178 g/mol. The molecule has 0 spiro atoms. The third kappa shape index (κ3) is 4.09. The number of hydrogen-bond acceptors (Lipinski definition) is 2. The summed E-state index contributed by atoms with van der Waals surface area (Å²) < 4.78 is 0. The van der Waals surface area contributed by atoms with Crippen molar-refractivity contribution in [2.24, 2.45) is 0 Å². The van der Waals surface area contributed by atoms with Crippen molar-refractivity contribution < 1.29 is 9.90 Å². The molecule has 0 heterocycles. The van der Waals surface area contributed by atoms with Crippen LogP contribution in [0.3, 0.4) is 0 Å². The van der Waals surface area contributed by atoms with Gasteiger partial charge in [0.1, 0.15) is 0 Å². The van der Waals surface area contributed by atoms with Gasteiger partial charge >= 0.3 is 5.97 Å². The van der Waals surface area contributed by atoms with Gasteiger partial charge in [-0.3, -0.25) is 9.69 Å². The van der Waals surface area contributed by atoms with Gasteiger partial charge in [-0.2, -0.15) is 0 Å². The number of aliphatic carboxylic acids is 1. The van der Waals surface area contributed by atoms with Crippen LogP contribution in [-0.2, 0) is 4.79 Å². The van der Waals surface area contributed by atoms with Crippen molar-refractivity contribution in [1.29, 1.82) is 0 Å². The van der Waals surface area contributed by atoms with Crippen LogP contribution in [0.2, 0.25) is 0 Å². The maximum atomic E-state index is 10.7. The highest BCUT2D eigenvalue weighted by atomic mass is 16.4. The number of nitrogens with zero attached hydrogens (tertiary/aromatic N) is 1. The number of carbonyl (C=O) groups is 1. The Kier molecular flexibility index (Phi) is 6.54. The lowest BCUT2D eigenvalue weighted by atomic mass is 10.1. The number of carboxylic acid groups (broad SMARTS) is 1. The summed E-state index contributed by atoms with van der Waals surface area (Å²) in [5, 5.41) is 8.79. The van der Waals surface area contributed by atoms with Crippen LogP contribution in [0, 0.1) is 0 Å². The summed E-state index contributed by atoms with van der Waals surface area (Å²) in [5.41, 5.74) is 0. The average Bonchev–Trinajstić information content (AvgIpc) is 2.16. The third-order valence-electron chi connectivity index (χ3n) is 2.87. The largest absolute Gasteiger partial charge is 0.481 e. The molecule has 0 aliphatic carbocycles. The zero-order valence-electron chi connectivity index (χ0n) is 9.79. The fraction of sp³-hybridized carbons (Fsp3) is 0.909. The van der Waals surface area contributed by atoms with Gasteiger partial charge in [0.15, 0.2) is 0 Å². The Bertz CT molecular complexity index is 171. The van der Waals surface area contributed by atoms with Gasteiger partial charge in [0.2, 0.25) is 0 Å². The molecule has 0 fully saturated rings. The molecule has 0 aliphatic rings. The highest BCUT2D eigenvalue weighted by Gasteiger charge is 2.21. The molecule has 0 bridgehead atoms. The summed E-state index contributed by atoms with van der Waals surface area (Å²) in [6.07, 6.45) is 2.24. The van der Waals surface area contributed by atoms with Crippen molar-refractivity contribution in [2.75, 3.05) is 6.54 Å². The van der Waals surface area contributed by atoms with Crippen LogP contribution >= 0.6 is 0 Å². The van der Waals surface area contributed by atoms with Crippen LogP contribution in [0.15, 0.2) is 0 Å². The molecule has 0 radical (unpaired) electrons. The summed E-state index contributed by atoms with van der Waals surface area (Å²) in [7, 11) is 0. The van der Waals surface area contributed by atoms with Crippen LogP contribution < -0.4 is 0 Å². The van der Waals surface area contributed by atoms with Crippen LogP contribution in [0.25, 0.3) is 0 Å². The Morgan fingerprint density at radius 2 is 1.86 bits per heavy atom. The van der Waals surface area contributed by atoms with Crippen LogP contribution in [-0.4, -0.2) is 34.6 Å². The quantitative estimate of drug-likeness (QED) is 0.687. The predicted octanol–water partition coefficient (Wildman–Crippen LogP) is 2.36. The first-order valence-corrected chi connectivity index (χ1v) is 5.54. The summed E-state index contributed by atoms with van der Waals surface area (Å²) in [6, 6.07) is 0.664. The highest BCUT2D eigenvalue weighted by molar-refractivity contribution is 5.67. The van der Waals surface area contributed by atoms with E-state index >= 15 is 0 Å². The Morgan fingerprint density at radius 3 is 2.14 bits per heavy atom. The van der Waals surface area contributed by atoms with E-state index in [1.54, 1.807) is 0 Å². The SMILES string of the molecule is CCC(C)N(CC)C(CC)CC(=O)O. The van der Waals surface area contributed by atoms with Gasteiger partial charge in [-0.05, 0) is 26.3 Å². The van der Waals surface area contributed by atoms with Crippen molar-refractivity contribution in [3.63, 3.8) is 0 Å². The minimum Gasteiger partial charge on any atom is -0.481 e. The lowest BCUT2D eigenvalue weighted by Crippen LogP contribution is -2.42. The second-order valence-corrected chi connectivity index (χ2v) is 3.75.